The maximum Gasteiger partial charge on any atom is 0.418 e. The van der Waals surface area contributed by atoms with Crippen molar-refractivity contribution in [3.8, 4) is 0 Å². The van der Waals surface area contributed by atoms with Gasteiger partial charge < -0.3 is 9.64 Å². The molecule has 1 saturated heterocycles. The highest BCUT2D eigenvalue weighted by atomic mass is 32.2. The van der Waals surface area contributed by atoms with Crippen molar-refractivity contribution in [1.82, 2.24) is 4.90 Å². The van der Waals surface area contributed by atoms with Crippen molar-refractivity contribution in [3.63, 3.8) is 0 Å². The fourth-order valence-corrected chi connectivity index (χ4v) is 4.06. The van der Waals surface area contributed by atoms with Crippen molar-refractivity contribution in [1.29, 1.82) is 0 Å². The Morgan fingerprint density at radius 1 is 1.10 bits per heavy atom. The maximum atomic E-state index is 13.2. The summed E-state index contributed by atoms with van der Waals surface area (Å²) in [4.78, 5) is 14.0. The van der Waals surface area contributed by atoms with Gasteiger partial charge in [0.2, 0.25) is 0 Å². The summed E-state index contributed by atoms with van der Waals surface area (Å²) in [6, 6.07) is 8.20. The lowest BCUT2D eigenvalue weighted by Gasteiger charge is -2.27. The summed E-state index contributed by atoms with van der Waals surface area (Å²) in [5.74, 6) is -0.349. The highest BCUT2D eigenvalue weighted by Crippen LogP contribution is 2.35. The Kier molecular flexibility index (Phi) is 5.85. The van der Waals surface area contributed by atoms with Crippen LogP contribution in [0.4, 0.5) is 18.9 Å². The number of hydrogen-bond acceptors (Lipinski definition) is 4. The van der Waals surface area contributed by atoms with E-state index in [1.54, 1.807) is 11.8 Å². The topological polar surface area (TPSA) is 75.7 Å². The van der Waals surface area contributed by atoms with Gasteiger partial charge in [-0.2, -0.15) is 13.2 Å². The van der Waals surface area contributed by atoms with Gasteiger partial charge in [0.05, 0.1) is 29.4 Å². The summed E-state index contributed by atoms with van der Waals surface area (Å²) in [5, 5.41) is 0. The van der Waals surface area contributed by atoms with Crippen LogP contribution in [-0.2, 0) is 20.9 Å². The second-order valence-corrected chi connectivity index (χ2v) is 8.21. The number of carbonyl (C=O) groups excluding carboxylic acids is 1. The Bertz CT molecular complexity index is 1020. The fourth-order valence-electron chi connectivity index (χ4n) is 2.96. The normalized spacial score (nSPS) is 15.2. The Morgan fingerprint density at radius 2 is 1.76 bits per heavy atom. The van der Waals surface area contributed by atoms with E-state index in [1.165, 1.54) is 30.3 Å². The van der Waals surface area contributed by atoms with Crippen LogP contribution in [-0.4, -0.2) is 45.5 Å². The summed E-state index contributed by atoms with van der Waals surface area (Å²) < 4.78 is 72.1. The summed E-state index contributed by atoms with van der Waals surface area (Å²) in [6.07, 6.45) is -4.72. The first-order valence-electron chi connectivity index (χ1n) is 8.76. The molecule has 29 heavy (non-hydrogen) atoms. The molecule has 2 aromatic carbocycles. The van der Waals surface area contributed by atoms with E-state index in [-0.39, 0.29) is 16.4 Å². The van der Waals surface area contributed by atoms with Crippen molar-refractivity contribution in [2.24, 2.45) is 0 Å². The van der Waals surface area contributed by atoms with Crippen molar-refractivity contribution in [2.45, 2.75) is 18.0 Å². The molecule has 6 nitrogen and oxygen atoms in total. The minimum absolute atomic E-state index is 0.180. The number of alkyl halides is 3. The number of para-hydroxylation sites is 1. The molecular formula is C19H19F3N2O4S. The van der Waals surface area contributed by atoms with Crippen LogP contribution in [0.2, 0.25) is 0 Å². The van der Waals surface area contributed by atoms with Gasteiger partial charge in [0.1, 0.15) is 0 Å². The lowest BCUT2D eigenvalue weighted by molar-refractivity contribution is -0.136. The minimum Gasteiger partial charge on any atom is -0.378 e. The summed E-state index contributed by atoms with van der Waals surface area (Å²) in [6.45, 7) is 3.20. The van der Waals surface area contributed by atoms with Gasteiger partial charge in [0.15, 0.2) is 0 Å². The Balaban J connectivity index is 1.93. The predicted molar refractivity (Wildman–Crippen MR) is 100 cm³/mol. The summed E-state index contributed by atoms with van der Waals surface area (Å²) in [7, 11) is -4.35. The summed E-state index contributed by atoms with van der Waals surface area (Å²) in [5.41, 5.74) is -0.933. The first kappa shape index (κ1) is 21.1. The van der Waals surface area contributed by atoms with Crippen molar-refractivity contribution in [3.05, 3.63) is 59.2 Å². The number of rotatable bonds is 4. The van der Waals surface area contributed by atoms with Gasteiger partial charge >= 0.3 is 6.18 Å². The zero-order valence-corrected chi connectivity index (χ0v) is 16.3. The van der Waals surface area contributed by atoms with Crippen LogP contribution in [0.3, 0.4) is 0 Å². The fraction of sp³-hybridized carbons (Fsp3) is 0.316. The molecule has 1 fully saturated rings. The van der Waals surface area contributed by atoms with Gasteiger partial charge in [-0.05, 0) is 36.8 Å². The smallest absolute Gasteiger partial charge is 0.378 e. The molecule has 1 N–H and O–H groups in total. The first-order valence-corrected chi connectivity index (χ1v) is 10.2. The van der Waals surface area contributed by atoms with E-state index in [0.717, 1.165) is 12.1 Å². The number of ether oxygens (including phenoxy) is 1. The van der Waals surface area contributed by atoms with E-state index in [9.17, 15) is 26.4 Å². The quantitative estimate of drug-likeness (QED) is 0.811. The van der Waals surface area contributed by atoms with Gasteiger partial charge in [-0.15, -0.1) is 0 Å². The molecule has 3 rings (SSSR count). The second kappa shape index (κ2) is 8.03. The van der Waals surface area contributed by atoms with E-state index >= 15 is 0 Å². The third-order valence-corrected chi connectivity index (χ3v) is 5.89. The zero-order valence-electron chi connectivity index (χ0n) is 15.5. The number of nitrogens with one attached hydrogen (secondary N) is 1. The molecule has 10 heteroatoms. The highest BCUT2D eigenvalue weighted by Gasteiger charge is 2.34. The average molecular weight is 428 g/mol. The molecule has 1 heterocycles. The van der Waals surface area contributed by atoms with E-state index in [4.69, 9.17) is 4.74 Å². The molecule has 0 aliphatic carbocycles. The number of anilines is 1. The second-order valence-electron chi connectivity index (χ2n) is 6.53. The van der Waals surface area contributed by atoms with E-state index in [0.29, 0.717) is 31.9 Å². The molecule has 0 saturated carbocycles. The van der Waals surface area contributed by atoms with Gasteiger partial charge in [-0.3, -0.25) is 9.52 Å². The third-order valence-electron chi connectivity index (χ3n) is 4.52. The molecule has 1 aliphatic heterocycles. The lowest BCUT2D eigenvalue weighted by Crippen LogP contribution is -2.41. The first-order chi connectivity index (χ1) is 13.6. The molecule has 0 unspecified atom stereocenters. The standard InChI is InChI=1S/C19H19F3N2O4S/c1-13-6-7-14(12-15(13)18(25)24-8-10-28-11-9-24)29(26,27)23-17-5-3-2-4-16(17)19(20,21)22/h2-7,12,23H,8-11H2,1H3. The molecule has 1 aliphatic rings. The molecule has 1 amide bonds. The largest absolute Gasteiger partial charge is 0.418 e. The molecule has 0 radical (unpaired) electrons. The van der Waals surface area contributed by atoms with Gasteiger partial charge in [0.25, 0.3) is 15.9 Å². The lowest BCUT2D eigenvalue weighted by atomic mass is 10.1. The van der Waals surface area contributed by atoms with Crippen molar-refractivity contribution < 1.29 is 31.1 Å². The average Bonchev–Trinajstić information content (AvgIpc) is 2.67. The Hall–Kier alpha value is -2.59. The molecule has 156 valence electrons. The van der Waals surface area contributed by atoms with E-state index in [2.05, 4.69) is 0 Å². The number of nitrogens with zero attached hydrogens (tertiary/aromatic N) is 1. The number of sulfonamides is 1. The third kappa shape index (κ3) is 4.70. The number of hydrogen-bond donors (Lipinski definition) is 1. The predicted octanol–water partition coefficient (Wildman–Crippen LogP) is 3.29. The Labute approximate surface area is 166 Å². The van der Waals surface area contributed by atoms with Crippen LogP contribution in [0.25, 0.3) is 0 Å². The molecule has 0 atom stereocenters. The SMILES string of the molecule is Cc1ccc(S(=O)(=O)Nc2ccccc2C(F)(F)F)cc1C(=O)N1CCOCC1. The number of benzene rings is 2. The number of amides is 1. The van der Waals surface area contributed by atoms with E-state index in [1.807, 2.05) is 4.72 Å². The number of carbonyl (C=O) groups is 1. The van der Waals surface area contributed by atoms with Crippen molar-refractivity contribution >= 4 is 21.6 Å². The van der Waals surface area contributed by atoms with Gasteiger partial charge in [-0.25, -0.2) is 8.42 Å². The van der Waals surface area contributed by atoms with Crippen LogP contribution in [0, 0.1) is 6.92 Å². The van der Waals surface area contributed by atoms with Crippen LogP contribution in [0.15, 0.2) is 47.4 Å². The van der Waals surface area contributed by atoms with Crippen LogP contribution in [0.1, 0.15) is 21.5 Å². The van der Waals surface area contributed by atoms with Gasteiger partial charge in [0, 0.05) is 18.7 Å². The van der Waals surface area contributed by atoms with Crippen LogP contribution in [0.5, 0.6) is 0 Å². The minimum atomic E-state index is -4.72. The molecular weight excluding hydrogens is 409 g/mol. The number of morpholine rings is 1. The molecule has 0 spiro atoms. The maximum absolute atomic E-state index is 13.2. The zero-order chi connectivity index (χ0) is 21.2. The van der Waals surface area contributed by atoms with Crippen LogP contribution < -0.4 is 4.72 Å². The molecule has 2 aromatic rings. The monoisotopic (exact) mass is 428 g/mol. The molecule has 0 bridgehead atoms. The molecule has 0 aromatic heterocycles. The number of halogens is 3. The van der Waals surface area contributed by atoms with Gasteiger partial charge in [-0.1, -0.05) is 18.2 Å². The Morgan fingerprint density at radius 3 is 2.41 bits per heavy atom. The highest BCUT2D eigenvalue weighted by molar-refractivity contribution is 7.92. The van der Waals surface area contributed by atoms with Crippen LogP contribution >= 0.6 is 0 Å². The summed E-state index contributed by atoms with van der Waals surface area (Å²) >= 11 is 0. The van der Waals surface area contributed by atoms with Crippen molar-refractivity contribution in [2.75, 3.05) is 31.0 Å². The number of aryl methyl sites for hydroxylation is 1. The van der Waals surface area contributed by atoms with E-state index < -0.39 is 27.5 Å².